The second-order valence-corrected chi connectivity index (χ2v) is 6.38. The van der Waals surface area contributed by atoms with Crippen molar-refractivity contribution in [1.82, 2.24) is 9.88 Å². The Kier molecular flexibility index (Phi) is 4.53. The van der Waals surface area contributed by atoms with Crippen LogP contribution < -0.4 is 0 Å². The normalized spacial score (nSPS) is 22.4. The number of carbonyl (C=O) groups is 1. The van der Waals surface area contributed by atoms with Crippen molar-refractivity contribution in [3.8, 4) is 0 Å². The van der Waals surface area contributed by atoms with Gasteiger partial charge in [0.05, 0.1) is 11.8 Å². The first kappa shape index (κ1) is 16.5. The van der Waals surface area contributed by atoms with Crippen molar-refractivity contribution >= 4 is 6.09 Å². The highest BCUT2D eigenvalue weighted by Crippen LogP contribution is 2.41. The monoisotopic (exact) mass is 326 g/mol. The summed E-state index contributed by atoms with van der Waals surface area (Å²) >= 11 is 0. The molecule has 0 bridgehead atoms. The number of benzene rings is 1. The fourth-order valence-electron chi connectivity index (χ4n) is 3.17. The van der Waals surface area contributed by atoms with Gasteiger partial charge in [-0.1, -0.05) is 36.4 Å². The van der Waals surface area contributed by atoms with E-state index in [0.717, 1.165) is 11.3 Å². The third kappa shape index (κ3) is 3.26. The molecule has 1 aliphatic rings. The molecule has 0 N–H and O–H groups in total. The Labute approximate surface area is 142 Å². The molecule has 126 valence electrons. The van der Waals surface area contributed by atoms with Crippen LogP contribution in [0.1, 0.15) is 38.1 Å². The molecule has 1 amide bonds. The lowest BCUT2D eigenvalue weighted by atomic mass is 10.1. The maximum absolute atomic E-state index is 12.8. The Bertz CT molecular complexity index is 688. The minimum atomic E-state index is -0.755. The molecule has 0 saturated carbocycles. The maximum Gasteiger partial charge on any atom is 0.413 e. The predicted octanol–water partition coefficient (Wildman–Crippen LogP) is 3.92. The van der Waals surface area contributed by atoms with Gasteiger partial charge in [-0.25, -0.2) is 4.79 Å². The Morgan fingerprint density at radius 2 is 1.92 bits per heavy atom. The van der Waals surface area contributed by atoms with Gasteiger partial charge in [0, 0.05) is 6.20 Å². The first-order chi connectivity index (χ1) is 11.5. The molecule has 1 aliphatic heterocycles. The molecule has 5 heteroatoms. The van der Waals surface area contributed by atoms with Gasteiger partial charge in [0.2, 0.25) is 0 Å². The summed E-state index contributed by atoms with van der Waals surface area (Å²) in [7, 11) is 0. The summed E-state index contributed by atoms with van der Waals surface area (Å²) < 4.78 is 11.5. The fraction of sp³-hybridized carbons (Fsp3) is 0.368. The van der Waals surface area contributed by atoms with Crippen LogP contribution in [-0.4, -0.2) is 27.8 Å². The van der Waals surface area contributed by atoms with E-state index in [9.17, 15) is 4.79 Å². The van der Waals surface area contributed by atoms with Gasteiger partial charge in [0.15, 0.2) is 0 Å². The zero-order valence-corrected chi connectivity index (χ0v) is 14.2. The molecule has 1 saturated heterocycles. The third-order valence-electron chi connectivity index (χ3n) is 4.17. The lowest BCUT2D eigenvalue weighted by Gasteiger charge is -2.32. The standard InChI is InChI=1S/C19H22N2O3/c1-14-17(16-11-7-8-12-20-16)21(19(2,3)24-14)18(22)23-13-15-9-5-4-6-10-15/h4-12,14,17H,13H2,1-3H3/t14-,17+/m1/s1. The largest absolute Gasteiger partial charge is 0.444 e. The van der Waals surface area contributed by atoms with Gasteiger partial charge >= 0.3 is 6.09 Å². The van der Waals surface area contributed by atoms with Crippen molar-refractivity contribution in [1.29, 1.82) is 0 Å². The average molecular weight is 326 g/mol. The van der Waals surface area contributed by atoms with E-state index in [4.69, 9.17) is 9.47 Å². The molecule has 0 radical (unpaired) electrons. The van der Waals surface area contributed by atoms with E-state index in [1.54, 1.807) is 11.1 Å². The maximum atomic E-state index is 12.8. The van der Waals surface area contributed by atoms with E-state index < -0.39 is 11.8 Å². The number of aromatic nitrogens is 1. The zero-order valence-electron chi connectivity index (χ0n) is 14.2. The Morgan fingerprint density at radius 1 is 1.21 bits per heavy atom. The molecule has 1 aromatic heterocycles. The van der Waals surface area contributed by atoms with E-state index in [0.29, 0.717) is 0 Å². The summed E-state index contributed by atoms with van der Waals surface area (Å²) in [6, 6.07) is 15.0. The zero-order chi connectivity index (χ0) is 17.2. The highest BCUT2D eigenvalue weighted by molar-refractivity contribution is 5.69. The van der Waals surface area contributed by atoms with E-state index in [1.165, 1.54) is 0 Å². The van der Waals surface area contributed by atoms with E-state index in [-0.39, 0.29) is 18.8 Å². The molecule has 3 rings (SSSR count). The third-order valence-corrected chi connectivity index (χ3v) is 4.17. The molecular formula is C19H22N2O3. The molecule has 0 unspecified atom stereocenters. The van der Waals surface area contributed by atoms with E-state index in [1.807, 2.05) is 69.3 Å². The second kappa shape index (κ2) is 6.61. The Morgan fingerprint density at radius 3 is 2.58 bits per heavy atom. The van der Waals surface area contributed by atoms with Crippen molar-refractivity contribution in [3.63, 3.8) is 0 Å². The van der Waals surface area contributed by atoms with Gasteiger partial charge in [-0.3, -0.25) is 9.88 Å². The summed E-state index contributed by atoms with van der Waals surface area (Å²) in [4.78, 5) is 18.8. The van der Waals surface area contributed by atoms with Crippen LogP contribution in [0.15, 0.2) is 54.7 Å². The number of ether oxygens (including phenoxy) is 2. The van der Waals surface area contributed by atoms with Crippen molar-refractivity contribution < 1.29 is 14.3 Å². The van der Waals surface area contributed by atoms with Gasteiger partial charge in [-0.05, 0) is 38.5 Å². The summed E-state index contributed by atoms with van der Waals surface area (Å²) in [5.41, 5.74) is 0.994. The smallest absolute Gasteiger partial charge is 0.413 e. The second-order valence-electron chi connectivity index (χ2n) is 6.38. The lowest BCUT2D eigenvalue weighted by molar-refractivity contribution is -0.0668. The van der Waals surface area contributed by atoms with E-state index in [2.05, 4.69) is 4.98 Å². The van der Waals surface area contributed by atoms with Crippen LogP contribution in [-0.2, 0) is 16.1 Å². The van der Waals surface area contributed by atoms with Crippen molar-refractivity contribution in [3.05, 3.63) is 66.0 Å². The molecule has 2 aromatic rings. The van der Waals surface area contributed by atoms with Crippen LogP contribution in [0, 0.1) is 0 Å². The van der Waals surface area contributed by atoms with Crippen molar-refractivity contribution in [2.45, 2.75) is 45.2 Å². The number of amides is 1. The summed E-state index contributed by atoms with van der Waals surface area (Å²) in [5, 5.41) is 0. The van der Waals surface area contributed by atoms with Gasteiger partial charge < -0.3 is 9.47 Å². The van der Waals surface area contributed by atoms with Crippen molar-refractivity contribution in [2.24, 2.45) is 0 Å². The first-order valence-corrected chi connectivity index (χ1v) is 8.08. The van der Waals surface area contributed by atoms with Crippen LogP contribution in [0.5, 0.6) is 0 Å². The van der Waals surface area contributed by atoms with E-state index >= 15 is 0 Å². The minimum Gasteiger partial charge on any atom is -0.444 e. The van der Waals surface area contributed by atoms with Crippen LogP contribution in [0.25, 0.3) is 0 Å². The fourth-order valence-corrected chi connectivity index (χ4v) is 3.17. The molecule has 0 aliphatic carbocycles. The lowest BCUT2D eigenvalue weighted by Crippen LogP contribution is -2.45. The number of hydrogen-bond donors (Lipinski definition) is 0. The van der Waals surface area contributed by atoms with Crippen LogP contribution in [0.4, 0.5) is 4.79 Å². The van der Waals surface area contributed by atoms with Crippen LogP contribution in [0.3, 0.4) is 0 Å². The van der Waals surface area contributed by atoms with Gasteiger partial charge in [0.25, 0.3) is 0 Å². The van der Waals surface area contributed by atoms with Gasteiger partial charge in [-0.15, -0.1) is 0 Å². The molecular weight excluding hydrogens is 304 g/mol. The number of carbonyl (C=O) groups excluding carboxylic acids is 1. The summed E-state index contributed by atoms with van der Waals surface area (Å²) in [5.74, 6) is 0. The quantitative estimate of drug-likeness (QED) is 0.858. The number of rotatable bonds is 3. The molecule has 2 atom stereocenters. The molecule has 2 heterocycles. The predicted molar refractivity (Wildman–Crippen MR) is 90.1 cm³/mol. The Hall–Kier alpha value is -2.40. The number of nitrogens with zero attached hydrogens (tertiary/aromatic N) is 2. The molecule has 1 aromatic carbocycles. The molecule has 0 spiro atoms. The minimum absolute atomic E-state index is 0.167. The topological polar surface area (TPSA) is 51.7 Å². The van der Waals surface area contributed by atoms with Crippen LogP contribution in [0.2, 0.25) is 0 Å². The molecule has 1 fully saturated rings. The Balaban J connectivity index is 1.80. The van der Waals surface area contributed by atoms with Gasteiger partial charge in [-0.2, -0.15) is 0 Å². The number of hydrogen-bond acceptors (Lipinski definition) is 4. The van der Waals surface area contributed by atoms with Crippen molar-refractivity contribution in [2.75, 3.05) is 0 Å². The average Bonchev–Trinajstić information content (AvgIpc) is 2.83. The SMILES string of the molecule is C[C@H]1OC(C)(C)N(C(=O)OCc2ccccc2)[C@@H]1c1ccccn1. The number of pyridine rings is 1. The highest BCUT2D eigenvalue weighted by Gasteiger charge is 2.50. The first-order valence-electron chi connectivity index (χ1n) is 8.08. The molecule has 5 nitrogen and oxygen atoms in total. The van der Waals surface area contributed by atoms with Gasteiger partial charge in [0.1, 0.15) is 18.4 Å². The highest BCUT2D eigenvalue weighted by atomic mass is 16.6. The van der Waals surface area contributed by atoms with Crippen LogP contribution >= 0.6 is 0 Å². The summed E-state index contributed by atoms with van der Waals surface area (Å²) in [6.45, 7) is 5.92. The summed E-state index contributed by atoms with van der Waals surface area (Å²) in [6.07, 6.45) is 1.16. The molecule has 24 heavy (non-hydrogen) atoms.